The molecule has 1 saturated heterocycles. The maximum absolute atomic E-state index is 13.7. The van der Waals surface area contributed by atoms with Crippen molar-refractivity contribution in [2.75, 3.05) is 24.7 Å². The van der Waals surface area contributed by atoms with Gasteiger partial charge in [-0.15, -0.1) is 0 Å². The SMILES string of the molecule is CCCCCOc1ccc(C2C(=C(O)c3ccc(F)cc3)C(=O)C(=O)N2c2nc3ccc(OCC)cc3s2)cc1OCC. The number of anilines is 1. The molecule has 2 heterocycles. The van der Waals surface area contributed by atoms with E-state index in [1.807, 2.05) is 19.9 Å². The highest BCUT2D eigenvalue weighted by Gasteiger charge is 2.48. The Labute approximate surface area is 253 Å². The van der Waals surface area contributed by atoms with E-state index in [0.29, 0.717) is 48.1 Å². The second-order valence-electron chi connectivity index (χ2n) is 9.93. The second-order valence-corrected chi connectivity index (χ2v) is 10.9. The Bertz CT molecular complexity index is 1670. The van der Waals surface area contributed by atoms with Gasteiger partial charge in [-0.1, -0.05) is 37.2 Å². The number of amides is 1. The highest BCUT2D eigenvalue weighted by Crippen LogP contribution is 2.46. The zero-order valence-corrected chi connectivity index (χ0v) is 25.1. The molecule has 3 aromatic carbocycles. The van der Waals surface area contributed by atoms with Crippen molar-refractivity contribution in [2.45, 2.75) is 46.1 Å². The molecule has 4 aromatic rings. The van der Waals surface area contributed by atoms with Gasteiger partial charge in [0.15, 0.2) is 16.6 Å². The first-order chi connectivity index (χ1) is 20.9. The van der Waals surface area contributed by atoms with E-state index in [0.717, 1.165) is 24.0 Å². The molecule has 1 N–H and O–H groups in total. The smallest absolute Gasteiger partial charge is 0.301 e. The molecule has 1 fully saturated rings. The van der Waals surface area contributed by atoms with Crippen LogP contribution in [0.2, 0.25) is 0 Å². The van der Waals surface area contributed by atoms with Crippen molar-refractivity contribution in [3.63, 3.8) is 0 Å². The van der Waals surface area contributed by atoms with Gasteiger partial charge in [-0.3, -0.25) is 14.5 Å². The van der Waals surface area contributed by atoms with Crippen LogP contribution >= 0.6 is 11.3 Å². The molecule has 0 spiro atoms. The average Bonchev–Trinajstić information content (AvgIpc) is 3.53. The molecule has 0 aliphatic carbocycles. The first-order valence-electron chi connectivity index (χ1n) is 14.4. The minimum atomic E-state index is -1.04. The summed E-state index contributed by atoms with van der Waals surface area (Å²) in [6.07, 6.45) is 2.99. The van der Waals surface area contributed by atoms with Crippen molar-refractivity contribution in [3.8, 4) is 17.2 Å². The van der Waals surface area contributed by atoms with E-state index < -0.39 is 29.3 Å². The Morgan fingerprint density at radius 1 is 0.930 bits per heavy atom. The normalized spacial score (nSPS) is 16.2. The molecule has 43 heavy (non-hydrogen) atoms. The number of hydrogen-bond acceptors (Lipinski definition) is 8. The summed E-state index contributed by atoms with van der Waals surface area (Å²) >= 11 is 1.24. The third kappa shape index (κ3) is 6.19. The Morgan fingerprint density at radius 3 is 2.42 bits per heavy atom. The van der Waals surface area contributed by atoms with Crippen molar-refractivity contribution in [1.29, 1.82) is 0 Å². The summed E-state index contributed by atoms with van der Waals surface area (Å²) in [7, 11) is 0. The summed E-state index contributed by atoms with van der Waals surface area (Å²) < 4.78 is 32.0. The van der Waals surface area contributed by atoms with E-state index in [1.165, 1.54) is 40.5 Å². The number of benzene rings is 3. The highest BCUT2D eigenvalue weighted by atomic mass is 32.1. The van der Waals surface area contributed by atoms with Crippen molar-refractivity contribution >= 4 is 44.1 Å². The average molecular weight is 605 g/mol. The van der Waals surface area contributed by atoms with Crippen molar-refractivity contribution in [1.82, 2.24) is 4.98 Å². The van der Waals surface area contributed by atoms with Gasteiger partial charge in [0.1, 0.15) is 17.3 Å². The molecule has 1 aliphatic heterocycles. The highest BCUT2D eigenvalue weighted by molar-refractivity contribution is 7.22. The van der Waals surface area contributed by atoms with Crippen LogP contribution in [0, 0.1) is 5.82 Å². The molecule has 1 unspecified atom stereocenters. The van der Waals surface area contributed by atoms with Crippen molar-refractivity contribution < 1.29 is 33.3 Å². The second kappa shape index (κ2) is 13.2. The lowest BCUT2D eigenvalue weighted by Crippen LogP contribution is -2.29. The number of aromatic nitrogens is 1. The molecule has 0 saturated carbocycles. The number of aliphatic hydroxyl groups excluding tert-OH is 1. The lowest BCUT2D eigenvalue weighted by Gasteiger charge is -2.24. The van der Waals surface area contributed by atoms with Crippen LogP contribution in [0.25, 0.3) is 16.0 Å². The van der Waals surface area contributed by atoms with E-state index >= 15 is 0 Å². The number of halogens is 1. The van der Waals surface area contributed by atoms with Gasteiger partial charge in [-0.25, -0.2) is 9.37 Å². The van der Waals surface area contributed by atoms with E-state index in [9.17, 15) is 19.1 Å². The van der Waals surface area contributed by atoms with Gasteiger partial charge in [-0.05, 0) is 80.4 Å². The van der Waals surface area contributed by atoms with E-state index in [2.05, 4.69) is 11.9 Å². The fraction of sp³-hybridized carbons (Fsp3) is 0.303. The first-order valence-corrected chi connectivity index (χ1v) is 15.2. The molecule has 224 valence electrons. The van der Waals surface area contributed by atoms with Gasteiger partial charge < -0.3 is 19.3 Å². The van der Waals surface area contributed by atoms with Crippen LogP contribution < -0.4 is 19.1 Å². The van der Waals surface area contributed by atoms with E-state index in [4.69, 9.17) is 14.2 Å². The Morgan fingerprint density at radius 2 is 1.70 bits per heavy atom. The summed E-state index contributed by atoms with van der Waals surface area (Å²) in [6.45, 7) is 7.24. The van der Waals surface area contributed by atoms with Gasteiger partial charge in [0.25, 0.3) is 5.78 Å². The molecule has 8 nitrogen and oxygen atoms in total. The number of Topliss-reactive ketones (excluding diaryl/α,β-unsaturated/α-hetero) is 1. The molecular formula is C33H33FN2O6S. The molecule has 1 amide bonds. The summed E-state index contributed by atoms with van der Waals surface area (Å²) in [6, 6.07) is 14.7. The number of rotatable bonds is 12. The van der Waals surface area contributed by atoms with Crippen molar-refractivity contribution in [2.24, 2.45) is 0 Å². The molecule has 1 aromatic heterocycles. The van der Waals surface area contributed by atoms with Crippen LogP contribution in [-0.4, -0.2) is 41.6 Å². The van der Waals surface area contributed by atoms with Crippen LogP contribution in [0.3, 0.4) is 0 Å². The van der Waals surface area contributed by atoms with E-state index in [-0.39, 0.29) is 16.3 Å². The maximum Gasteiger partial charge on any atom is 0.301 e. The van der Waals surface area contributed by atoms with Crippen LogP contribution in [0.4, 0.5) is 9.52 Å². The zero-order valence-electron chi connectivity index (χ0n) is 24.3. The number of nitrogens with zero attached hydrogens (tertiary/aromatic N) is 2. The van der Waals surface area contributed by atoms with Crippen LogP contribution in [0.5, 0.6) is 17.2 Å². The van der Waals surface area contributed by atoms with Crippen LogP contribution in [0.15, 0.2) is 66.2 Å². The van der Waals surface area contributed by atoms with Crippen LogP contribution in [0.1, 0.15) is 57.2 Å². The molecule has 0 radical (unpaired) electrons. The number of carbonyl (C=O) groups is 2. The number of fused-ring (bicyclic) bond motifs is 1. The van der Waals surface area contributed by atoms with Gasteiger partial charge in [0.05, 0.1) is 41.7 Å². The number of aliphatic hydroxyl groups is 1. The number of hydrogen-bond donors (Lipinski definition) is 1. The number of thiazole rings is 1. The Kier molecular flexibility index (Phi) is 9.25. The standard InChI is InChI=1S/C33H33FN2O6S/c1-4-7-8-17-42-25-16-11-21(18-26(25)41-6-3)29-28(30(37)20-9-12-22(34)13-10-20)31(38)32(39)36(29)33-35-24-15-14-23(40-5-2)19-27(24)43-33/h9-16,18-19,29,37H,4-8,17H2,1-3H3. The lowest BCUT2D eigenvalue weighted by atomic mass is 9.95. The quantitative estimate of drug-likeness (QED) is 0.0777. The monoisotopic (exact) mass is 604 g/mol. The first kappa shape index (κ1) is 30.0. The maximum atomic E-state index is 13.7. The molecule has 1 aliphatic rings. The largest absolute Gasteiger partial charge is 0.507 e. The molecule has 5 rings (SSSR count). The Balaban J connectivity index is 1.65. The molecule has 0 bridgehead atoms. The predicted molar refractivity (Wildman–Crippen MR) is 165 cm³/mol. The fourth-order valence-electron chi connectivity index (χ4n) is 4.98. The van der Waals surface area contributed by atoms with Crippen LogP contribution in [-0.2, 0) is 9.59 Å². The third-order valence-corrected chi connectivity index (χ3v) is 8.03. The number of carbonyl (C=O) groups excluding carboxylic acids is 2. The summed E-state index contributed by atoms with van der Waals surface area (Å²) in [5.74, 6) is -0.963. The zero-order chi connectivity index (χ0) is 30.5. The van der Waals surface area contributed by atoms with Gasteiger partial charge in [0.2, 0.25) is 0 Å². The summed E-state index contributed by atoms with van der Waals surface area (Å²) in [4.78, 5) is 33.3. The molecular weight excluding hydrogens is 571 g/mol. The topological polar surface area (TPSA) is 98.2 Å². The summed E-state index contributed by atoms with van der Waals surface area (Å²) in [5, 5.41) is 11.7. The third-order valence-electron chi connectivity index (χ3n) is 7.02. The van der Waals surface area contributed by atoms with Gasteiger partial charge in [-0.2, -0.15) is 0 Å². The van der Waals surface area contributed by atoms with Crippen molar-refractivity contribution in [3.05, 3.63) is 83.2 Å². The fourth-order valence-corrected chi connectivity index (χ4v) is 6.00. The minimum absolute atomic E-state index is 0.134. The lowest BCUT2D eigenvalue weighted by molar-refractivity contribution is -0.132. The molecule has 10 heteroatoms. The predicted octanol–water partition coefficient (Wildman–Crippen LogP) is 7.43. The van der Waals surface area contributed by atoms with E-state index in [1.54, 1.807) is 30.3 Å². The number of ether oxygens (including phenoxy) is 3. The number of ketones is 1. The number of unbranched alkanes of at least 4 members (excludes halogenated alkanes) is 2. The molecule has 1 atom stereocenters. The van der Waals surface area contributed by atoms with Gasteiger partial charge in [0, 0.05) is 5.56 Å². The minimum Gasteiger partial charge on any atom is -0.507 e. The Hall–Kier alpha value is -4.44. The summed E-state index contributed by atoms with van der Waals surface area (Å²) in [5.41, 5.74) is 1.22. The van der Waals surface area contributed by atoms with Gasteiger partial charge >= 0.3 is 5.91 Å².